The lowest BCUT2D eigenvalue weighted by molar-refractivity contribution is -0.124. The van der Waals surface area contributed by atoms with Crippen LogP contribution in [0.15, 0.2) is 66.7 Å². The Morgan fingerprint density at radius 3 is 2.21 bits per heavy atom. The van der Waals surface area contributed by atoms with Crippen molar-refractivity contribution >= 4 is 46.5 Å². The number of benzene rings is 3. The van der Waals surface area contributed by atoms with Gasteiger partial charge in [0.15, 0.2) is 16.6 Å². The first-order valence-corrected chi connectivity index (χ1v) is 13.8. The summed E-state index contributed by atoms with van der Waals surface area (Å²) in [6.45, 7) is 2.39. The van der Waals surface area contributed by atoms with Crippen molar-refractivity contribution in [3.63, 3.8) is 0 Å². The van der Waals surface area contributed by atoms with Crippen molar-refractivity contribution in [3.8, 4) is 17.2 Å². The van der Waals surface area contributed by atoms with E-state index in [2.05, 4.69) is 5.32 Å². The van der Waals surface area contributed by atoms with Crippen molar-refractivity contribution in [2.45, 2.75) is 25.8 Å². The Bertz CT molecular complexity index is 1440. The number of amides is 2. The third-order valence-electron chi connectivity index (χ3n) is 6.80. The van der Waals surface area contributed by atoms with Gasteiger partial charge in [0, 0.05) is 12.2 Å². The first kappa shape index (κ1) is 30.3. The Balaban J connectivity index is 1.53. The van der Waals surface area contributed by atoms with Crippen molar-refractivity contribution < 1.29 is 33.3 Å². The molecule has 1 fully saturated rings. The highest BCUT2D eigenvalue weighted by atomic mass is 32.1. The molecule has 4 rings (SSSR count). The second-order valence-electron chi connectivity index (χ2n) is 9.35. The topological polar surface area (TPSA) is 107 Å². The molecule has 0 radical (unpaired) electrons. The summed E-state index contributed by atoms with van der Waals surface area (Å²) in [5, 5.41) is 3.12. The van der Waals surface area contributed by atoms with Crippen molar-refractivity contribution in [1.82, 2.24) is 4.90 Å². The number of carbonyl (C=O) groups excluding carboxylic acids is 3. The predicted octanol–water partition coefficient (Wildman–Crippen LogP) is 4.46. The zero-order valence-corrected chi connectivity index (χ0v) is 24.7. The Labute approximate surface area is 250 Å². The number of nitrogens with zero attached hydrogens (tertiary/aromatic N) is 2. The number of esters is 1. The minimum absolute atomic E-state index is 0.128. The molecule has 3 aromatic carbocycles. The third-order valence-corrected chi connectivity index (χ3v) is 7.21. The predicted molar refractivity (Wildman–Crippen MR) is 162 cm³/mol. The molecule has 1 aliphatic rings. The molecule has 0 bridgehead atoms. The summed E-state index contributed by atoms with van der Waals surface area (Å²) in [6, 6.07) is 18.2. The van der Waals surface area contributed by atoms with Gasteiger partial charge in [-0.15, -0.1) is 0 Å². The monoisotopic (exact) mass is 591 g/mol. The lowest BCUT2D eigenvalue weighted by atomic mass is 10.1. The summed E-state index contributed by atoms with van der Waals surface area (Å²) in [5.74, 6) is 0.747. The molecule has 0 spiro atoms. The number of thiocarbonyl (C=S) groups is 1. The van der Waals surface area contributed by atoms with E-state index in [0.29, 0.717) is 52.3 Å². The van der Waals surface area contributed by atoms with Gasteiger partial charge < -0.3 is 29.2 Å². The highest BCUT2D eigenvalue weighted by Crippen LogP contribution is 2.31. The van der Waals surface area contributed by atoms with Crippen LogP contribution in [0.4, 0.5) is 11.4 Å². The zero-order valence-electron chi connectivity index (χ0n) is 23.9. The minimum atomic E-state index is -0.821. The fourth-order valence-corrected chi connectivity index (χ4v) is 5.05. The Hall–Kier alpha value is -4.64. The normalized spacial score (nSPS) is 14.5. The molecule has 42 heavy (non-hydrogen) atoms. The van der Waals surface area contributed by atoms with Crippen LogP contribution in [0.25, 0.3) is 0 Å². The standard InChI is InChI=1S/C31H33N3O7S/c1-5-41-30(37)21-7-9-22(10-8-21)32-28(35)19-25-29(36)34(23-11-13-24(38-2)14-12-23)31(42)33(25)17-16-20-6-15-26(39-3)27(18-20)40-4/h6-15,18,25H,5,16-17,19H2,1-4H3,(H,32,35)/t25-/m1/s1. The van der Waals surface area contributed by atoms with Gasteiger partial charge in [0.2, 0.25) is 5.91 Å². The van der Waals surface area contributed by atoms with Crippen molar-refractivity contribution in [2.75, 3.05) is 44.7 Å². The van der Waals surface area contributed by atoms with Gasteiger partial charge in [0.25, 0.3) is 5.91 Å². The number of hydrogen-bond acceptors (Lipinski definition) is 8. The van der Waals surface area contributed by atoms with Crippen molar-refractivity contribution in [2.24, 2.45) is 0 Å². The van der Waals surface area contributed by atoms with E-state index in [1.807, 2.05) is 18.2 Å². The molecule has 11 heteroatoms. The van der Waals surface area contributed by atoms with Crippen LogP contribution in [0.5, 0.6) is 17.2 Å². The molecule has 1 heterocycles. The second kappa shape index (κ2) is 13.8. The minimum Gasteiger partial charge on any atom is -0.497 e. The summed E-state index contributed by atoms with van der Waals surface area (Å²) in [5.41, 5.74) is 2.41. The van der Waals surface area contributed by atoms with Crippen molar-refractivity contribution in [1.29, 1.82) is 0 Å². The van der Waals surface area contributed by atoms with Crippen LogP contribution in [0.3, 0.4) is 0 Å². The average molecular weight is 592 g/mol. The molecule has 1 atom stereocenters. The summed E-state index contributed by atoms with van der Waals surface area (Å²) in [6.07, 6.45) is 0.412. The molecule has 0 unspecified atom stereocenters. The van der Waals surface area contributed by atoms with Crippen LogP contribution < -0.4 is 24.4 Å². The number of methoxy groups -OCH3 is 3. The summed E-state index contributed by atoms with van der Waals surface area (Å²) >= 11 is 5.79. The fraction of sp³-hybridized carbons (Fsp3) is 0.290. The second-order valence-corrected chi connectivity index (χ2v) is 9.72. The first-order chi connectivity index (χ1) is 20.3. The zero-order chi connectivity index (χ0) is 30.2. The maximum atomic E-state index is 13.7. The molecular weight excluding hydrogens is 558 g/mol. The van der Waals surface area contributed by atoms with Crippen LogP contribution in [0, 0.1) is 0 Å². The van der Waals surface area contributed by atoms with Crippen LogP contribution in [0.2, 0.25) is 0 Å². The number of carbonyl (C=O) groups is 3. The highest BCUT2D eigenvalue weighted by Gasteiger charge is 2.44. The molecule has 10 nitrogen and oxygen atoms in total. The number of nitrogens with one attached hydrogen (secondary N) is 1. The van der Waals surface area contributed by atoms with Crippen LogP contribution in [-0.2, 0) is 20.7 Å². The number of anilines is 2. The van der Waals surface area contributed by atoms with Gasteiger partial charge >= 0.3 is 5.97 Å². The van der Waals surface area contributed by atoms with E-state index in [9.17, 15) is 14.4 Å². The lowest BCUT2D eigenvalue weighted by Gasteiger charge is -2.24. The van der Waals surface area contributed by atoms with Crippen LogP contribution in [-0.4, -0.2) is 68.3 Å². The number of ether oxygens (including phenoxy) is 4. The lowest BCUT2D eigenvalue weighted by Crippen LogP contribution is -2.39. The number of hydrogen-bond donors (Lipinski definition) is 1. The Kier molecular flexibility index (Phi) is 9.98. The molecule has 2 amide bonds. The van der Waals surface area contributed by atoms with Crippen molar-refractivity contribution in [3.05, 3.63) is 77.9 Å². The molecule has 1 saturated heterocycles. The van der Waals surface area contributed by atoms with Gasteiger partial charge in [-0.3, -0.25) is 14.5 Å². The van der Waals surface area contributed by atoms with Gasteiger partial charge in [-0.1, -0.05) is 6.07 Å². The van der Waals surface area contributed by atoms with Gasteiger partial charge in [0.05, 0.1) is 45.6 Å². The number of rotatable bonds is 12. The quantitative estimate of drug-likeness (QED) is 0.241. The fourth-order valence-electron chi connectivity index (χ4n) is 4.63. The third kappa shape index (κ3) is 6.80. The van der Waals surface area contributed by atoms with E-state index >= 15 is 0 Å². The largest absolute Gasteiger partial charge is 0.497 e. The molecule has 0 aliphatic carbocycles. The highest BCUT2D eigenvalue weighted by molar-refractivity contribution is 7.80. The average Bonchev–Trinajstić information content (AvgIpc) is 3.23. The summed E-state index contributed by atoms with van der Waals surface area (Å²) in [7, 11) is 4.71. The molecule has 0 saturated carbocycles. The molecule has 1 N–H and O–H groups in total. The van der Waals surface area contributed by atoms with E-state index in [4.69, 9.17) is 31.2 Å². The van der Waals surface area contributed by atoms with Crippen LogP contribution in [0.1, 0.15) is 29.3 Å². The smallest absolute Gasteiger partial charge is 0.338 e. The Morgan fingerprint density at radius 2 is 1.60 bits per heavy atom. The molecule has 0 aromatic heterocycles. The molecule has 3 aromatic rings. The van der Waals surface area contributed by atoms with Gasteiger partial charge in [-0.05, 0) is 91.8 Å². The maximum Gasteiger partial charge on any atom is 0.338 e. The van der Waals surface area contributed by atoms with E-state index in [1.54, 1.807) is 81.7 Å². The molecule has 220 valence electrons. The van der Waals surface area contributed by atoms with Gasteiger partial charge in [0.1, 0.15) is 11.8 Å². The summed E-state index contributed by atoms with van der Waals surface area (Å²) in [4.78, 5) is 42.1. The van der Waals surface area contributed by atoms with E-state index in [1.165, 1.54) is 4.90 Å². The van der Waals surface area contributed by atoms with Crippen LogP contribution >= 0.6 is 12.2 Å². The molecule has 1 aliphatic heterocycles. The van der Waals surface area contributed by atoms with E-state index in [0.717, 1.165) is 5.56 Å². The first-order valence-electron chi connectivity index (χ1n) is 13.4. The SMILES string of the molecule is CCOC(=O)c1ccc(NC(=O)C[C@@H]2C(=O)N(c3ccc(OC)cc3)C(=S)N2CCc2ccc(OC)c(OC)c2)cc1. The van der Waals surface area contributed by atoms with E-state index < -0.39 is 12.0 Å². The molecular formula is C31H33N3O7S. The van der Waals surface area contributed by atoms with Gasteiger partial charge in [-0.25, -0.2) is 4.79 Å². The van der Waals surface area contributed by atoms with Gasteiger partial charge in [-0.2, -0.15) is 0 Å². The Morgan fingerprint density at radius 1 is 0.905 bits per heavy atom. The maximum absolute atomic E-state index is 13.7. The summed E-state index contributed by atoms with van der Waals surface area (Å²) < 4.78 is 21.0. The van der Waals surface area contributed by atoms with E-state index in [-0.39, 0.29) is 24.8 Å².